The summed E-state index contributed by atoms with van der Waals surface area (Å²) in [5.41, 5.74) is 3.61. The van der Waals surface area contributed by atoms with Gasteiger partial charge in [-0.25, -0.2) is 4.99 Å². The van der Waals surface area contributed by atoms with Crippen molar-refractivity contribution in [3.63, 3.8) is 0 Å². The Hall–Kier alpha value is -3.51. The van der Waals surface area contributed by atoms with Gasteiger partial charge in [-0.3, -0.25) is 9.69 Å². The number of benzene rings is 3. The first-order valence-corrected chi connectivity index (χ1v) is 10.8. The Morgan fingerprint density at radius 2 is 1.68 bits per heavy atom. The van der Waals surface area contributed by atoms with Gasteiger partial charge in [0.05, 0.1) is 16.3 Å². The second kappa shape index (κ2) is 8.32. The molecule has 0 aliphatic carbocycles. The molecule has 0 aromatic heterocycles. The minimum Gasteiger partial charge on any atom is -0.486 e. The first kappa shape index (κ1) is 19.5. The van der Waals surface area contributed by atoms with Crippen molar-refractivity contribution < 1.29 is 14.3 Å². The molecule has 0 bridgehead atoms. The van der Waals surface area contributed by atoms with Crippen LogP contribution in [0.1, 0.15) is 11.1 Å². The predicted molar refractivity (Wildman–Crippen MR) is 125 cm³/mol. The average molecular weight is 429 g/mol. The number of amides is 1. The summed E-state index contributed by atoms with van der Waals surface area (Å²) in [5.74, 6) is 1.33. The van der Waals surface area contributed by atoms with Gasteiger partial charge in [0.15, 0.2) is 16.7 Å². The second-order valence-electron chi connectivity index (χ2n) is 7.22. The van der Waals surface area contributed by atoms with Crippen LogP contribution in [-0.4, -0.2) is 24.3 Å². The molecule has 1 saturated heterocycles. The SMILES string of the molecule is Cc1ccc(N2C(=O)/C(=C/c3ccc4c(c3)OCCO4)SC2=Nc2ccccc2)cc1. The van der Waals surface area contributed by atoms with Gasteiger partial charge in [-0.05, 0) is 66.7 Å². The van der Waals surface area contributed by atoms with Crippen molar-refractivity contribution in [3.8, 4) is 11.5 Å². The zero-order valence-corrected chi connectivity index (χ0v) is 17.8. The van der Waals surface area contributed by atoms with Crippen molar-refractivity contribution in [2.45, 2.75) is 6.92 Å². The van der Waals surface area contributed by atoms with Crippen LogP contribution in [0.5, 0.6) is 11.5 Å². The normalized spacial score (nSPS) is 18.1. The van der Waals surface area contributed by atoms with Crippen LogP contribution in [0.2, 0.25) is 0 Å². The van der Waals surface area contributed by atoms with E-state index in [0.29, 0.717) is 29.0 Å². The molecule has 5 rings (SSSR count). The zero-order chi connectivity index (χ0) is 21.2. The number of ether oxygens (including phenoxy) is 2. The third-order valence-corrected chi connectivity index (χ3v) is 5.91. The third-order valence-electron chi connectivity index (χ3n) is 4.94. The number of thioether (sulfide) groups is 1. The van der Waals surface area contributed by atoms with Crippen LogP contribution in [0.4, 0.5) is 11.4 Å². The van der Waals surface area contributed by atoms with Gasteiger partial charge in [0, 0.05) is 0 Å². The highest BCUT2D eigenvalue weighted by Crippen LogP contribution is 2.38. The Morgan fingerprint density at radius 1 is 0.935 bits per heavy atom. The smallest absolute Gasteiger partial charge is 0.271 e. The average Bonchev–Trinajstić information content (AvgIpc) is 3.09. The first-order valence-electron chi connectivity index (χ1n) is 10.0. The lowest BCUT2D eigenvalue weighted by Gasteiger charge is -2.18. The standard InChI is InChI=1S/C25H20N2O3S/c1-17-7-10-20(11-8-17)27-24(28)23(31-25(27)26-19-5-3-2-4-6-19)16-18-9-12-21-22(15-18)30-14-13-29-21/h2-12,15-16H,13-14H2,1H3/b23-16-,26-25?. The van der Waals surface area contributed by atoms with E-state index in [2.05, 4.69) is 0 Å². The number of hydrogen-bond acceptors (Lipinski definition) is 5. The number of aryl methyl sites for hydroxylation is 1. The lowest BCUT2D eigenvalue weighted by Crippen LogP contribution is -2.28. The molecule has 3 aromatic rings. The number of fused-ring (bicyclic) bond motifs is 1. The Labute approximate surface area is 185 Å². The van der Waals surface area contributed by atoms with E-state index in [1.165, 1.54) is 11.8 Å². The Bertz CT molecular complexity index is 1190. The number of rotatable bonds is 3. The van der Waals surface area contributed by atoms with Gasteiger partial charge < -0.3 is 9.47 Å². The Balaban J connectivity index is 1.53. The van der Waals surface area contributed by atoms with Crippen molar-refractivity contribution in [2.24, 2.45) is 4.99 Å². The van der Waals surface area contributed by atoms with E-state index in [1.54, 1.807) is 4.90 Å². The topological polar surface area (TPSA) is 51.1 Å². The first-order chi connectivity index (χ1) is 15.2. The van der Waals surface area contributed by atoms with Crippen LogP contribution in [0, 0.1) is 6.92 Å². The molecule has 1 fully saturated rings. The zero-order valence-electron chi connectivity index (χ0n) is 16.9. The van der Waals surface area contributed by atoms with E-state index < -0.39 is 0 Å². The van der Waals surface area contributed by atoms with Crippen LogP contribution >= 0.6 is 11.8 Å². The van der Waals surface area contributed by atoms with Crippen molar-refractivity contribution in [3.05, 3.63) is 88.8 Å². The highest BCUT2D eigenvalue weighted by atomic mass is 32.2. The molecule has 0 atom stereocenters. The Kier molecular flexibility index (Phi) is 5.22. The van der Waals surface area contributed by atoms with Gasteiger partial charge in [-0.15, -0.1) is 0 Å². The molecule has 2 aliphatic rings. The van der Waals surface area contributed by atoms with Crippen LogP contribution < -0.4 is 14.4 Å². The number of anilines is 1. The molecule has 5 nitrogen and oxygen atoms in total. The van der Waals surface area contributed by atoms with E-state index >= 15 is 0 Å². The summed E-state index contributed by atoms with van der Waals surface area (Å²) < 4.78 is 11.3. The maximum Gasteiger partial charge on any atom is 0.271 e. The van der Waals surface area contributed by atoms with Gasteiger partial charge in [0.25, 0.3) is 5.91 Å². The van der Waals surface area contributed by atoms with E-state index in [0.717, 1.165) is 28.3 Å². The molecule has 1 amide bonds. The highest BCUT2D eigenvalue weighted by Gasteiger charge is 2.34. The molecule has 2 aliphatic heterocycles. The fourth-order valence-electron chi connectivity index (χ4n) is 3.38. The predicted octanol–water partition coefficient (Wildman–Crippen LogP) is 5.57. The molecule has 0 N–H and O–H groups in total. The molecule has 6 heteroatoms. The quantitative estimate of drug-likeness (QED) is 0.512. The van der Waals surface area contributed by atoms with E-state index in [-0.39, 0.29) is 5.91 Å². The second-order valence-corrected chi connectivity index (χ2v) is 8.23. The molecular weight excluding hydrogens is 408 g/mol. The van der Waals surface area contributed by atoms with Crippen LogP contribution in [0.15, 0.2) is 82.7 Å². The molecule has 0 unspecified atom stereocenters. The molecule has 31 heavy (non-hydrogen) atoms. The summed E-state index contributed by atoms with van der Waals surface area (Å²) in [5, 5.41) is 0.629. The molecule has 0 saturated carbocycles. The number of hydrogen-bond donors (Lipinski definition) is 0. The molecule has 154 valence electrons. The minimum atomic E-state index is -0.0987. The molecule has 3 aromatic carbocycles. The van der Waals surface area contributed by atoms with Crippen molar-refractivity contribution in [1.29, 1.82) is 0 Å². The molecular formula is C25H20N2O3S. The summed E-state index contributed by atoms with van der Waals surface area (Å²) in [6.07, 6.45) is 1.87. The summed E-state index contributed by atoms with van der Waals surface area (Å²) in [7, 11) is 0. The number of aliphatic imine (C=N–C) groups is 1. The lowest BCUT2D eigenvalue weighted by atomic mass is 10.1. The summed E-state index contributed by atoms with van der Waals surface area (Å²) in [6.45, 7) is 3.10. The number of para-hydroxylation sites is 1. The lowest BCUT2D eigenvalue weighted by molar-refractivity contribution is -0.113. The number of carbonyl (C=O) groups excluding carboxylic acids is 1. The highest BCUT2D eigenvalue weighted by molar-refractivity contribution is 8.19. The summed E-state index contributed by atoms with van der Waals surface area (Å²) in [6, 6.07) is 23.3. The minimum absolute atomic E-state index is 0.0987. The third kappa shape index (κ3) is 4.07. The van der Waals surface area contributed by atoms with Crippen molar-refractivity contribution in [2.75, 3.05) is 18.1 Å². The van der Waals surface area contributed by atoms with Crippen LogP contribution in [-0.2, 0) is 4.79 Å². The monoisotopic (exact) mass is 428 g/mol. The largest absolute Gasteiger partial charge is 0.486 e. The van der Waals surface area contributed by atoms with Crippen molar-refractivity contribution >= 4 is 40.3 Å². The van der Waals surface area contributed by atoms with Gasteiger partial charge in [0.1, 0.15) is 13.2 Å². The maximum absolute atomic E-state index is 13.4. The van der Waals surface area contributed by atoms with E-state index in [9.17, 15) is 4.79 Å². The van der Waals surface area contributed by atoms with Gasteiger partial charge >= 0.3 is 0 Å². The number of carbonyl (C=O) groups is 1. The number of amidine groups is 1. The molecule has 0 spiro atoms. The fraction of sp³-hybridized carbons (Fsp3) is 0.120. The summed E-state index contributed by atoms with van der Waals surface area (Å²) in [4.78, 5) is 20.4. The Morgan fingerprint density at radius 3 is 2.45 bits per heavy atom. The van der Waals surface area contributed by atoms with Crippen molar-refractivity contribution in [1.82, 2.24) is 0 Å². The van der Waals surface area contributed by atoms with Crippen LogP contribution in [0.25, 0.3) is 6.08 Å². The maximum atomic E-state index is 13.4. The number of nitrogens with zero attached hydrogens (tertiary/aromatic N) is 2. The van der Waals surface area contributed by atoms with E-state index in [1.807, 2.05) is 85.8 Å². The molecule has 0 radical (unpaired) electrons. The molecule has 2 heterocycles. The fourth-order valence-corrected chi connectivity index (χ4v) is 4.39. The summed E-state index contributed by atoms with van der Waals surface area (Å²) >= 11 is 1.37. The van der Waals surface area contributed by atoms with Gasteiger partial charge in [-0.2, -0.15) is 0 Å². The van der Waals surface area contributed by atoms with Gasteiger partial charge in [-0.1, -0.05) is 42.0 Å². The van der Waals surface area contributed by atoms with E-state index in [4.69, 9.17) is 14.5 Å². The van der Waals surface area contributed by atoms with Gasteiger partial charge in [0.2, 0.25) is 0 Å². The van der Waals surface area contributed by atoms with Crippen LogP contribution in [0.3, 0.4) is 0 Å².